The molecule has 0 aromatic carbocycles. The Bertz CT molecular complexity index is 633. The number of thiazole rings is 1. The van der Waals surface area contributed by atoms with Gasteiger partial charge in [0.25, 0.3) is 0 Å². The van der Waals surface area contributed by atoms with Crippen LogP contribution in [0, 0.1) is 5.92 Å². The maximum absolute atomic E-state index is 12.1. The number of rotatable bonds is 5. The minimum atomic E-state index is -0.222. The van der Waals surface area contributed by atoms with Gasteiger partial charge in [-0.2, -0.15) is 0 Å². The number of urea groups is 1. The number of nitrogens with one attached hydrogen (secondary N) is 2. The standard InChI is InChI=1S/C13H15N5OS2/c19-12(16-13-18-17-10(21-13)8-3-4-8)15-9(7-1-2-7)11-14-5-6-20-11/h5-9H,1-4H2,(H2,15,16,18,19). The fourth-order valence-corrected chi connectivity index (χ4v) is 3.94. The van der Waals surface area contributed by atoms with E-state index in [-0.39, 0.29) is 12.1 Å². The summed E-state index contributed by atoms with van der Waals surface area (Å²) in [5, 5.41) is 18.5. The van der Waals surface area contributed by atoms with Gasteiger partial charge < -0.3 is 5.32 Å². The highest BCUT2D eigenvalue weighted by Gasteiger charge is 2.35. The zero-order chi connectivity index (χ0) is 14.2. The first kappa shape index (κ1) is 13.1. The van der Waals surface area contributed by atoms with Crippen molar-refractivity contribution < 1.29 is 4.79 Å². The fraction of sp³-hybridized carbons (Fsp3) is 0.538. The van der Waals surface area contributed by atoms with Crippen LogP contribution in [0.15, 0.2) is 11.6 Å². The van der Waals surface area contributed by atoms with Crippen molar-refractivity contribution in [1.82, 2.24) is 20.5 Å². The van der Waals surface area contributed by atoms with E-state index in [9.17, 15) is 4.79 Å². The molecule has 0 aliphatic heterocycles. The van der Waals surface area contributed by atoms with Crippen molar-refractivity contribution >= 4 is 33.8 Å². The van der Waals surface area contributed by atoms with E-state index in [4.69, 9.17) is 0 Å². The number of amides is 2. The van der Waals surface area contributed by atoms with Gasteiger partial charge in [-0.05, 0) is 31.6 Å². The highest BCUT2D eigenvalue weighted by molar-refractivity contribution is 7.15. The first-order valence-corrected chi connectivity index (χ1v) is 8.79. The molecule has 6 nitrogen and oxygen atoms in total. The molecule has 2 saturated carbocycles. The van der Waals surface area contributed by atoms with Crippen LogP contribution in [0.1, 0.15) is 47.7 Å². The summed E-state index contributed by atoms with van der Waals surface area (Å²) in [4.78, 5) is 16.5. The molecule has 1 atom stereocenters. The number of aromatic nitrogens is 3. The van der Waals surface area contributed by atoms with Gasteiger partial charge in [0.05, 0.1) is 6.04 Å². The van der Waals surface area contributed by atoms with Gasteiger partial charge in [0, 0.05) is 17.5 Å². The molecular weight excluding hydrogens is 306 g/mol. The summed E-state index contributed by atoms with van der Waals surface area (Å²) in [5.74, 6) is 1.08. The van der Waals surface area contributed by atoms with Crippen molar-refractivity contribution in [1.29, 1.82) is 0 Å². The maximum atomic E-state index is 12.1. The van der Waals surface area contributed by atoms with Crippen molar-refractivity contribution in [2.75, 3.05) is 5.32 Å². The Morgan fingerprint density at radius 2 is 2.14 bits per heavy atom. The van der Waals surface area contributed by atoms with Crippen LogP contribution < -0.4 is 10.6 Å². The molecule has 4 rings (SSSR count). The zero-order valence-electron chi connectivity index (χ0n) is 11.3. The second-order valence-electron chi connectivity index (χ2n) is 5.50. The molecule has 0 spiro atoms. The lowest BCUT2D eigenvalue weighted by Gasteiger charge is -2.15. The third-order valence-electron chi connectivity index (χ3n) is 3.69. The van der Waals surface area contributed by atoms with Gasteiger partial charge in [-0.3, -0.25) is 5.32 Å². The molecule has 2 N–H and O–H groups in total. The first-order valence-electron chi connectivity index (χ1n) is 7.10. The van der Waals surface area contributed by atoms with Crippen LogP contribution in [0.5, 0.6) is 0 Å². The molecule has 2 amide bonds. The lowest BCUT2D eigenvalue weighted by Crippen LogP contribution is -2.33. The Morgan fingerprint density at radius 3 is 2.81 bits per heavy atom. The minimum absolute atomic E-state index is 0.0147. The SMILES string of the molecule is O=C(Nc1nnc(C2CC2)s1)NC(c1nccs1)C1CC1. The predicted octanol–water partition coefficient (Wildman–Crippen LogP) is 3.14. The average Bonchev–Trinajstić information content (AvgIpc) is 3.39. The van der Waals surface area contributed by atoms with E-state index in [0.717, 1.165) is 22.9 Å². The summed E-state index contributed by atoms with van der Waals surface area (Å²) in [6.07, 6.45) is 6.45. The van der Waals surface area contributed by atoms with Gasteiger partial charge >= 0.3 is 6.03 Å². The largest absolute Gasteiger partial charge is 0.328 e. The molecular formula is C13H15N5OS2. The van der Waals surface area contributed by atoms with Crippen molar-refractivity contribution in [3.8, 4) is 0 Å². The molecule has 2 fully saturated rings. The zero-order valence-corrected chi connectivity index (χ0v) is 12.9. The molecule has 2 aliphatic rings. The number of anilines is 1. The third-order valence-corrected chi connectivity index (χ3v) is 5.54. The molecule has 2 heterocycles. The molecule has 0 bridgehead atoms. The van der Waals surface area contributed by atoms with Crippen LogP contribution in [0.4, 0.5) is 9.93 Å². The molecule has 8 heteroatoms. The molecule has 0 radical (unpaired) electrons. The van der Waals surface area contributed by atoms with E-state index in [2.05, 4.69) is 25.8 Å². The lowest BCUT2D eigenvalue weighted by atomic mass is 10.2. The van der Waals surface area contributed by atoms with Gasteiger partial charge in [-0.25, -0.2) is 9.78 Å². The highest BCUT2D eigenvalue weighted by Crippen LogP contribution is 2.43. The van der Waals surface area contributed by atoms with E-state index < -0.39 is 0 Å². The normalized spacial score (nSPS) is 19.2. The van der Waals surface area contributed by atoms with Gasteiger partial charge in [0.2, 0.25) is 5.13 Å². The molecule has 2 aromatic heterocycles. The van der Waals surface area contributed by atoms with E-state index in [0.29, 0.717) is 17.0 Å². The molecule has 2 aliphatic carbocycles. The van der Waals surface area contributed by atoms with Crippen LogP contribution >= 0.6 is 22.7 Å². The molecule has 0 saturated heterocycles. The number of hydrogen-bond donors (Lipinski definition) is 2. The second kappa shape index (κ2) is 5.34. The maximum Gasteiger partial charge on any atom is 0.321 e. The fourth-order valence-electron chi connectivity index (χ4n) is 2.25. The molecule has 1 unspecified atom stereocenters. The number of nitrogens with zero attached hydrogens (tertiary/aromatic N) is 3. The monoisotopic (exact) mass is 321 g/mol. The molecule has 2 aromatic rings. The van der Waals surface area contributed by atoms with Crippen LogP contribution in [-0.2, 0) is 0 Å². The van der Waals surface area contributed by atoms with Gasteiger partial charge in [0.15, 0.2) is 0 Å². The van der Waals surface area contributed by atoms with E-state index in [1.54, 1.807) is 17.5 Å². The van der Waals surface area contributed by atoms with Gasteiger partial charge in [0.1, 0.15) is 10.0 Å². The van der Waals surface area contributed by atoms with Crippen molar-refractivity contribution in [3.63, 3.8) is 0 Å². The van der Waals surface area contributed by atoms with E-state index >= 15 is 0 Å². The van der Waals surface area contributed by atoms with Crippen LogP contribution in [-0.4, -0.2) is 21.2 Å². The lowest BCUT2D eigenvalue weighted by molar-refractivity contribution is 0.247. The summed E-state index contributed by atoms with van der Waals surface area (Å²) in [7, 11) is 0. The van der Waals surface area contributed by atoms with Crippen LogP contribution in [0.3, 0.4) is 0 Å². The smallest absolute Gasteiger partial charge is 0.321 e. The Morgan fingerprint density at radius 1 is 1.29 bits per heavy atom. The van der Waals surface area contributed by atoms with Gasteiger partial charge in [-0.1, -0.05) is 11.3 Å². The number of carbonyl (C=O) groups excluding carboxylic acids is 1. The van der Waals surface area contributed by atoms with Crippen LogP contribution in [0.25, 0.3) is 0 Å². The highest BCUT2D eigenvalue weighted by atomic mass is 32.1. The average molecular weight is 321 g/mol. The van der Waals surface area contributed by atoms with Crippen molar-refractivity contribution in [2.45, 2.75) is 37.6 Å². The summed E-state index contributed by atoms with van der Waals surface area (Å²) >= 11 is 3.06. The summed E-state index contributed by atoms with van der Waals surface area (Å²) < 4.78 is 0. The van der Waals surface area contributed by atoms with Crippen LogP contribution in [0.2, 0.25) is 0 Å². The Balaban J connectivity index is 1.39. The Hall–Kier alpha value is -1.54. The molecule has 21 heavy (non-hydrogen) atoms. The van der Waals surface area contributed by atoms with Gasteiger partial charge in [-0.15, -0.1) is 21.5 Å². The third kappa shape index (κ3) is 3.06. The first-order chi connectivity index (χ1) is 10.3. The Labute approximate surface area is 130 Å². The van der Waals surface area contributed by atoms with Crippen molar-refractivity contribution in [3.05, 3.63) is 21.6 Å². The summed E-state index contributed by atoms with van der Waals surface area (Å²) in [6, 6.07) is -0.207. The topological polar surface area (TPSA) is 79.8 Å². The second-order valence-corrected chi connectivity index (χ2v) is 7.44. The van der Waals surface area contributed by atoms with Crippen molar-refractivity contribution in [2.24, 2.45) is 5.92 Å². The number of hydrogen-bond acceptors (Lipinski definition) is 6. The molecule has 110 valence electrons. The quantitative estimate of drug-likeness (QED) is 0.886. The number of carbonyl (C=O) groups is 1. The minimum Gasteiger partial charge on any atom is -0.328 e. The summed E-state index contributed by atoms with van der Waals surface area (Å²) in [5.41, 5.74) is 0. The van der Waals surface area contributed by atoms with E-state index in [1.165, 1.54) is 24.2 Å². The van der Waals surface area contributed by atoms with E-state index in [1.807, 2.05) is 5.38 Å². The Kier molecular flexibility index (Phi) is 3.34. The predicted molar refractivity (Wildman–Crippen MR) is 81.6 cm³/mol. The summed E-state index contributed by atoms with van der Waals surface area (Å²) in [6.45, 7) is 0.